The first-order chi connectivity index (χ1) is 6.56. The summed E-state index contributed by atoms with van der Waals surface area (Å²) in [5, 5.41) is 0. The van der Waals surface area contributed by atoms with Crippen molar-refractivity contribution in [3.63, 3.8) is 0 Å². The van der Waals surface area contributed by atoms with Crippen LogP contribution in [0.1, 0.15) is 34.6 Å². The van der Waals surface area contributed by atoms with Gasteiger partial charge in [0, 0.05) is 5.41 Å². The van der Waals surface area contributed by atoms with E-state index >= 15 is 0 Å². The van der Waals surface area contributed by atoms with Gasteiger partial charge in [-0.2, -0.15) is 0 Å². The highest BCUT2D eigenvalue weighted by molar-refractivity contribution is 4.89. The molecule has 0 bridgehead atoms. The summed E-state index contributed by atoms with van der Waals surface area (Å²) in [6.07, 6.45) is 0. The van der Waals surface area contributed by atoms with Gasteiger partial charge in [-0.1, -0.05) is 41.2 Å². The first-order valence-electron chi connectivity index (χ1n) is 5.51. The molecule has 0 saturated carbocycles. The zero-order valence-corrected chi connectivity index (χ0v) is 11.5. The van der Waals surface area contributed by atoms with Crippen LogP contribution in [0.5, 0.6) is 0 Å². The molecule has 0 unspecified atom stereocenters. The molecule has 0 aliphatic rings. The molecule has 0 spiro atoms. The average Bonchev–Trinajstić information content (AvgIpc) is 1.97. The summed E-state index contributed by atoms with van der Waals surface area (Å²) >= 11 is 0. The molecule has 0 amide bonds. The van der Waals surface area contributed by atoms with Crippen molar-refractivity contribution in [2.45, 2.75) is 34.6 Å². The Balaban J connectivity index is 4.10. The topological polar surface area (TPSA) is 12.5 Å². The van der Waals surface area contributed by atoms with Crippen LogP contribution < -0.4 is 0 Å². The molecule has 0 saturated heterocycles. The van der Waals surface area contributed by atoms with E-state index in [4.69, 9.17) is 4.74 Å². The molecule has 15 heavy (non-hydrogen) atoms. The Morgan fingerprint density at radius 3 is 1.93 bits per heavy atom. The van der Waals surface area contributed by atoms with Crippen LogP contribution in [0.25, 0.3) is 0 Å². The number of ether oxygens (including phenoxy) is 1. The van der Waals surface area contributed by atoms with Crippen LogP contribution in [-0.4, -0.2) is 32.1 Å². The van der Waals surface area contributed by atoms with E-state index in [9.17, 15) is 0 Å². The quantitative estimate of drug-likeness (QED) is 0.650. The van der Waals surface area contributed by atoms with Gasteiger partial charge >= 0.3 is 0 Å². The fourth-order valence-electron chi connectivity index (χ4n) is 0.897. The van der Waals surface area contributed by atoms with E-state index in [1.165, 1.54) is 0 Å². The summed E-state index contributed by atoms with van der Waals surface area (Å²) in [6, 6.07) is 0. The van der Waals surface area contributed by atoms with Crippen LogP contribution in [0.4, 0.5) is 0 Å². The van der Waals surface area contributed by atoms with Gasteiger partial charge in [-0.25, -0.2) is 0 Å². The molecule has 0 fully saturated rings. The predicted octanol–water partition coefficient (Wildman–Crippen LogP) is 3.15. The molecule has 0 aliphatic heterocycles. The Hall–Kier alpha value is -0.500. The molecule has 0 heterocycles. The van der Waals surface area contributed by atoms with Gasteiger partial charge in [0.1, 0.15) is 5.76 Å². The highest BCUT2D eigenvalue weighted by atomic mass is 16.5. The minimum absolute atomic E-state index is 0.155. The molecule has 90 valence electrons. The minimum Gasteiger partial charge on any atom is -0.497 e. The average molecular weight is 213 g/mol. The molecule has 0 aliphatic carbocycles. The Labute approximate surface area is 95.3 Å². The van der Waals surface area contributed by atoms with Crippen LogP contribution in [0.2, 0.25) is 0 Å². The molecule has 0 aromatic heterocycles. The summed E-state index contributed by atoms with van der Waals surface area (Å²) in [4.78, 5) is 2.06. The van der Waals surface area contributed by atoms with E-state index in [-0.39, 0.29) is 10.8 Å². The fraction of sp³-hybridized carbons (Fsp3) is 0.846. The third-order valence-electron chi connectivity index (χ3n) is 3.16. The maximum atomic E-state index is 5.71. The van der Waals surface area contributed by atoms with Crippen LogP contribution in [-0.2, 0) is 4.74 Å². The molecular weight excluding hydrogens is 186 g/mol. The lowest BCUT2D eigenvalue weighted by Crippen LogP contribution is -2.34. The van der Waals surface area contributed by atoms with E-state index in [0.717, 1.165) is 18.9 Å². The monoisotopic (exact) mass is 213 g/mol. The van der Waals surface area contributed by atoms with Gasteiger partial charge in [-0.05, 0) is 19.5 Å². The van der Waals surface area contributed by atoms with Gasteiger partial charge < -0.3 is 9.64 Å². The van der Waals surface area contributed by atoms with Crippen molar-refractivity contribution in [1.82, 2.24) is 4.90 Å². The molecular formula is C13H27NO. The third kappa shape index (κ3) is 5.22. The zero-order valence-electron chi connectivity index (χ0n) is 11.5. The molecule has 0 aromatic rings. The second kappa shape index (κ2) is 5.02. The summed E-state index contributed by atoms with van der Waals surface area (Å²) in [5.41, 5.74) is 0.396. The SMILES string of the molecule is C=C(CN(C)C)OCC(C)(C)C(C)(C)C. The molecule has 0 atom stereocenters. The molecule has 0 rings (SSSR count). The first kappa shape index (κ1) is 14.5. The van der Waals surface area contributed by atoms with E-state index in [1.54, 1.807) is 0 Å². The van der Waals surface area contributed by atoms with Gasteiger partial charge in [0.2, 0.25) is 0 Å². The fourth-order valence-corrected chi connectivity index (χ4v) is 0.897. The van der Waals surface area contributed by atoms with Crippen LogP contribution in [0.15, 0.2) is 12.3 Å². The van der Waals surface area contributed by atoms with Gasteiger partial charge in [0.25, 0.3) is 0 Å². The van der Waals surface area contributed by atoms with Gasteiger partial charge in [-0.15, -0.1) is 0 Å². The number of hydrogen-bond acceptors (Lipinski definition) is 2. The lowest BCUT2D eigenvalue weighted by Gasteiger charge is -2.38. The van der Waals surface area contributed by atoms with E-state index in [2.05, 4.69) is 46.1 Å². The number of nitrogens with zero attached hydrogens (tertiary/aromatic N) is 1. The lowest BCUT2D eigenvalue weighted by molar-refractivity contribution is 0.0258. The predicted molar refractivity (Wildman–Crippen MR) is 66.9 cm³/mol. The summed E-state index contributed by atoms with van der Waals surface area (Å²) in [7, 11) is 4.03. The van der Waals surface area contributed by atoms with Crippen molar-refractivity contribution in [3.8, 4) is 0 Å². The number of likely N-dealkylation sites (N-methyl/N-ethyl adjacent to an activating group) is 1. The van der Waals surface area contributed by atoms with Gasteiger partial charge in [0.15, 0.2) is 0 Å². The molecule has 0 N–H and O–H groups in total. The number of rotatable bonds is 5. The van der Waals surface area contributed by atoms with Crippen molar-refractivity contribution in [2.24, 2.45) is 10.8 Å². The summed E-state index contributed by atoms with van der Waals surface area (Å²) in [5.74, 6) is 0.845. The maximum absolute atomic E-state index is 5.71. The zero-order chi connectivity index (χ0) is 12.3. The summed E-state index contributed by atoms with van der Waals surface area (Å²) < 4.78 is 5.71. The largest absolute Gasteiger partial charge is 0.497 e. The van der Waals surface area contributed by atoms with Crippen LogP contribution in [0, 0.1) is 10.8 Å². The van der Waals surface area contributed by atoms with Crippen molar-refractivity contribution in [2.75, 3.05) is 27.2 Å². The second-order valence-electron chi connectivity index (χ2n) is 6.20. The minimum atomic E-state index is 0.155. The van der Waals surface area contributed by atoms with Crippen molar-refractivity contribution < 1.29 is 4.74 Å². The molecule has 0 aromatic carbocycles. The molecule has 2 heteroatoms. The first-order valence-corrected chi connectivity index (χ1v) is 5.51. The lowest BCUT2D eigenvalue weighted by atomic mass is 9.70. The van der Waals surface area contributed by atoms with Crippen molar-refractivity contribution in [1.29, 1.82) is 0 Å². The van der Waals surface area contributed by atoms with Crippen LogP contribution >= 0.6 is 0 Å². The van der Waals surface area contributed by atoms with E-state index < -0.39 is 0 Å². The second-order valence-corrected chi connectivity index (χ2v) is 6.20. The third-order valence-corrected chi connectivity index (χ3v) is 3.16. The molecule has 2 nitrogen and oxygen atoms in total. The normalized spacial score (nSPS) is 13.1. The smallest absolute Gasteiger partial charge is 0.103 e. The van der Waals surface area contributed by atoms with Crippen molar-refractivity contribution >= 4 is 0 Å². The van der Waals surface area contributed by atoms with E-state index in [1.807, 2.05) is 14.1 Å². The van der Waals surface area contributed by atoms with Crippen molar-refractivity contribution in [3.05, 3.63) is 12.3 Å². The summed E-state index contributed by atoms with van der Waals surface area (Å²) in [6.45, 7) is 16.6. The van der Waals surface area contributed by atoms with Gasteiger partial charge in [-0.3, -0.25) is 0 Å². The standard InChI is InChI=1S/C13H27NO/c1-11(9-14(7)8)15-10-13(5,6)12(2,3)4/h1,9-10H2,2-8H3. The number of hydrogen-bond donors (Lipinski definition) is 0. The van der Waals surface area contributed by atoms with Gasteiger partial charge in [0.05, 0.1) is 13.2 Å². The highest BCUT2D eigenvalue weighted by Gasteiger charge is 2.33. The Bertz CT molecular complexity index is 211. The Morgan fingerprint density at radius 2 is 1.60 bits per heavy atom. The van der Waals surface area contributed by atoms with Crippen LogP contribution in [0.3, 0.4) is 0 Å². The highest BCUT2D eigenvalue weighted by Crippen LogP contribution is 2.38. The Morgan fingerprint density at radius 1 is 1.13 bits per heavy atom. The maximum Gasteiger partial charge on any atom is 0.103 e. The Kier molecular flexibility index (Phi) is 4.85. The molecule has 0 radical (unpaired) electrons. The van der Waals surface area contributed by atoms with E-state index in [0.29, 0.717) is 0 Å².